The Morgan fingerprint density at radius 3 is 2.50 bits per heavy atom. The van der Waals surface area contributed by atoms with Gasteiger partial charge >= 0.3 is 0 Å². The summed E-state index contributed by atoms with van der Waals surface area (Å²) in [5.74, 6) is 1.84. The van der Waals surface area contributed by atoms with Crippen molar-refractivity contribution in [1.29, 1.82) is 0 Å². The van der Waals surface area contributed by atoms with E-state index in [9.17, 15) is 0 Å². The maximum Gasteiger partial charge on any atom is 0.230 e. The lowest BCUT2D eigenvalue weighted by Crippen LogP contribution is -2.12. The van der Waals surface area contributed by atoms with E-state index in [-0.39, 0.29) is 0 Å². The zero-order valence-electron chi connectivity index (χ0n) is 17.1. The highest BCUT2D eigenvalue weighted by atomic mass is 16.5. The van der Waals surface area contributed by atoms with Crippen LogP contribution in [0, 0.1) is 6.92 Å². The Hall–Kier alpha value is -3.54. The van der Waals surface area contributed by atoms with Crippen molar-refractivity contribution < 1.29 is 4.74 Å². The molecular weight excluding hydrogens is 374 g/mol. The first-order valence-electron chi connectivity index (χ1n) is 10.3. The third kappa shape index (κ3) is 3.45. The normalized spacial score (nSPS) is 13.1. The van der Waals surface area contributed by atoms with E-state index in [0.29, 0.717) is 11.9 Å². The van der Waals surface area contributed by atoms with Gasteiger partial charge in [0.25, 0.3) is 0 Å². The SMILES string of the molecule is COc1ccc2nc(Nc3nc4c(c(-c5ccccc5)n3)CCCC4)nc(C)c2c1. The van der Waals surface area contributed by atoms with Crippen LogP contribution in [0.4, 0.5) is 11.9 Å². The molecule has 0 saturated carbocycles. The van der Waals surface area contributed by atoms with E-state index in [2.05, 4.69) is 27.4 Å². The lowest BCUT2D eigenvalue weighted by atomic mass is 9.92. The number of hydrogen-bond donors (Lipinski definition) is 1. The monoisotopic (exact) mass is 397 g/mol. The molecule has 1 N–H and O–H groups in total. The predicted octanol–water partition coefficient (Wildman–Crippen LogP) is 5.03. The molecule has 150 valence electrons. The fourth-order valence-corrected chi connectivity index (χ4v) is 4.03. The first kappa shape index (κ1) is 18.5. The molecular formula is C24H23N5O. The molecule has 2 aromatic carbocycles. The highest BCUT2D eigenvalue weighted by Gasteiger charge is 2.19. The van der Waals surface area contributed by atoms with Gasteiger partial charge in [-0.15, -0.1) is 0 Å². The number of rotatable bonds is 4. The van der Waals surface area contributed by atoms with Crippen LogP contribution >= 0.6 is 0 Å². The van der Waals surface area contributed by atoms with Gasteiger partial charge in [0.15, 0.2) is 0 Å². The standard InChI is InChI=1S/C24H23N5O/c1-15-19-14-17(30-2)12-13-21(19)27-23(25-15)29-24-26-20-11-7-6-10-18(20)22(28-24)16-8-4-3-5-9-16/h3-5,8-9,12-14H,6-7,10-11H2,1-2H3,(H,25,26,27,28,29). The molecule has 0 amide bonds. The Labute approximate surface area is 175 Å². The maximum absolute atomic E-state index is 5.32. The molecule has 1 aliphatic carbocycles. The molecule has 1 aliphatic rings. The van der Waals surface area contributed by atoms with Crippen LogP contribution in [0.15, 0.2) is 48.5 Å². The quantitative estimate of drug-likeness (QED) is 0.521. The van der Waals surface area contributed by atoms with Crippen molar-refractivity contribution in [3.63, 3.8) is 0 Å². The van der Waals surface area contributed by atoms with Crippen LogP contribution in [0.5, 0.6) is 5.75 Å². The molecule has 30 heavy (non-hydrogen) atoms. The van der Waals surface area contributed by atoms with Crippen molar-refractivity contribution in [3.05, 3.63) is 65.5 Å². The van der Waals surface area contributed by atoms with Gasteiger partial charge in [0, 0.05) is 22.2 Å². The Morgan fingerprint density at radius 1 is 0.867 bits per heavy atom. The molecule has 0 unspecified atom stereocenters. The highest BCUT2D eigenvalue weighted by Crippen LogP contribution is 2.31. The number of anilines is 2. The summed E-state index contributed by atoms with van der Waals surface area (Å²) >= 11 is 0. The van der Waals surface area contributed by atoms with Crippen LogP contribution in [0.1, 0.15) is 29.8 Å². The molecule has 2 aromatic heterocycles. The van der Waals surface area contributed by atoms with Gasteiger partial charge in [-0.3, -0.25) is 5.32 Å². The number of fused-ring (bicyclic) bond motifs is 2. The van der Waals surface area contributed by atoms with Gasteiger partial charge in [0.2, 0.25) is 11.9 Å². The summed E-state index contributed by atoms with van der Waals surface area (Å²) < 4.78 is 5.32. The number of ether oxygens (including phenoxy) is 1. The van der Waals surface area contributed by atoms with Gasteiger partial charge < -0.3 is 4.74 Å². The zero-order valence-corrected chi connectivity index (χ0v) is 17.1. The fourth-order valence-electron chi connectivity index (χ4n) is 4.03. The summed E-state index contributed by atoms with van der Waals surface area (Å²) in [6.07, 6.45) is 4.33. The number of aryl methyl sites for hydroxylation is 2. The van der Waals surface area contributed by atoms with Crippen molar-refractivity contribution in [2.45, 2.75) is 32.6 Å². The molecule has 0 atom stereocenters. The molecule has 0 bridgehead atoms. The molecule has 2 heterocycles. The maximum atomic E-state index is 5.32. The second-order valence-electron chi connectivity index (χ2n) is 7.53. The predicted molar refractivity (Wildman–Crippen MR) is 118 cm³/mol. The average molecular weight is 397 g/mol. The third-order valence-electron chi connectivity index (χ3n) is 5.55. The van der Waals surface area contributed by atoms with Crippen LogP contribution in [-0.2, 0) is 12.8 Å². The number of aromatic nitrogens is 4. The number of hydrogen-bond acceptors (Lipinski definition) is 6. The molecule has 0 saturated heterocycles. The number of nitrogens with zero attached hydrogens (tertiary/aromatic N) is 4. The van der Waals surface area contributed by atoms with E-state index < -0.39 is 0 Å². The molecule has 0 aliphatic heterocycles. The molecule has 5 rings (SSSR count). The van der Waals surface area contributed by atoms with Gasteiger partial charge in [-0.1, -0.05) is 30.3 Å². The van der Waals surface area contributed by atoms with E-state index in [1.54, 1.807) is 7.11 Å². The van der Waals surface area contributed by atoms with E-state index >= 15 is 0 Å². The summed E-state index contributed by atoms with van der Waals surface area (Å²) in [6.45, 7) is 1.97. The molecule has 0 spiro atoms. The Kier molecular flexibility index (Phi) is 4.75. The minimum atomic E-state index is 0.500. The van der Waals surface area contributed by atoms with Crippen LogP contribution in [0.2, 0.25) is 0 Å². The molecule has 6 nitrogen and oxygen atoms in total. The smallest absolute Gasteiger partial charge is 0.230 e. The third-order valence-corrected chi connectivity index (χ3v) is 5.55. The summed E-state index contributed by atoms with van der Waals surface area (Å²) in [7, 11) is 1.66. The first-order valence-corrected chi connectivity index (χ1v) is 10.3. The van der Waals surface area contributed by atoms with Gasteiger partial charge in [-0.25, -0.2) is 19.9 Å². The molecule has 4 aromatic rings. The topological polar surface area (TPSA) is 72.8 Å². The van der Waals surface area contributed by atoms with Crippen molar-refractivity contribution in [2.24, 2.45) is 0 Å². The lowest BCUT2D eigenvalue weighted by Gasteiger charge is -2.19. The first-order chi connectivity index (χ1) is 14.7. The zero-order chi connectivity index (χ0) is 20.5. The minimum Gasteiger partial charge on any atom is -0.497 e. The Bertz CT molecular complexity index is 1220. The number of methoxy groups -OCH3 is 1. The lowest BCUT2D eigenvalue weighted by molar-refractivity contribution is 0.415. The fraction of sp³-hybridized carbons (Fsp3) is 0.250. The average Bonchev–Trinajstić information content (AvgIpc) is 2.79. The second-order valence-corrected chi connectivity index (χ2v) is 7.53. The van der Waals surface area contributed by atoms with Crippen molar-refractivity contribution in [1.82, 2.24) is 19.9 Å². The summed E-state index contributed by atoms with van der Waals surface area (Å²) in [5, 5.41) is 4.22. The highest BCUT2D eigenvalue weighted by molar-refractivity contribution is 5.83. The second kappa shape index (κ2) is 7.71. The van der Waals surface area contributed by atoms with E-state index in [1.165, 1.54) is 12.0 Å². The van der Waals surface area contributed by atoms with Crippen molar-refractivity contribution in [3.8, 4) is 17.0 Å². The summed E-state index contributed by atoms with van der Waals surface area (Å²) in [5.41, 5.74) is 6.24. The Balaban J connectivity index is 1.56. The van der Waals surface area contributed by atoms with Gasteiger partial charge in [-0.2, -0.15) is 0 Å². The largest absolute Gasteiger partial charge is 0.497 e. The van der Waals surface area contributed by atoms with E-state index in [0.717, 1.165) is 58.6 Å². The van der Waals surface area contributed by atoms with Gasteiger partial charge in [-0.05, 0) is 50.8 Å². The van der Waals surface area contributed by atoms with E-state index in [4.69, 9.17) is 14.7 Å². The Morgan fingerprint density at radius 2 is 1.67 bits per heavy atom. The van der Waals surface area contributed by atoms with Gasteiger partial charge in [0.1, 0.15) is 5.75 Å². The van der Waals surface area contributed by atoms with Crippen molar-refractivity contribution >= 4 is 22.8 Å². The minimum absolute atomic E-state index is 0.500. The van der Waals surface area contributed by atoms with Crippen LogP contribution in [0.3, 0.4) is 0 Å². The number of benzene rings is 2. The molecule has 0 radical (unpaired) electrons. The van der Waals surface area contributed by atoms with E-state index in [1.807, 2.05) is 43.3 Å². The number of nitrogens with one attached hydrogen (secondary N) is 1. The van der Waals surface area contributed by atoms with Crippen LogP contribution < -0.4 is 10.1 Å². The summed E-state index contributed by atoms with van der Waals surface area (Å²) in [4.78, 5) is 19.0. The van der Waals surface area contributed by atoms with Crippen LogP contribution in [-0.4, -0.2) is 27.0 Å². The van der Waals surface area contributed by atoms with Gasteiger partial charge in [0.05, 0.1) is 24.0 Å². The molecule has 6 heteroatoms. The van der Waals surface area contributed by atoms with Crippen molar-refractivity contribution in [2.75, 3.05) is 12.4 Å². The van der Waals surface area contributed by atoms with Crippen LogP contribution in [0.25, 0.3) is 22.2 Å². The summed E-state index contributed by atoms with van der Waals surface area (Å²) in [6, 6.07) is 16.1. The molecule has 0 fully saturated rings.